The van der Waals surface area contributed by atoms with E-state index in [1.807, 2.05) is 30.3 Å². The molecule has 0 atom stereocenters. The predicted molar refractivity (Wildman–Crippen MR) is 98.9 cm³/mol. The van der Waals surface area contributed by atoms with Gasteiger partial charge in [-0.3, -0.25) is 9.59 Å². The van der Waals surface area contributed by atoms with Gasteiger partial charge < -0.3 is 16.0 Å². The third-order valence-corrected chi connectivity index (χ3v) is 3.96. The molecule has 0 radical (unpaired) electrons. The average Bonchev–Trinajstić information content (AvgIpc) is 2.64. The summed E-state index contributed by atoms with van der Waals surface area (Å²) >= 11 is 0. The Morgan fingerprint density at radius 2 is 1.73 bits per heavy atom. The summed E-state index contributed by atoms with van der Waals surface area (Å²) in [5, 5.41) is 2.59. The zero-order valence-corrected chi connectivity index (χ0v) is 14.7. The molecule has 0 aliphatic carbocycles. The molecule has 26 heavy (non-hydrogen) atoms. The lowest BCUT2D eigenvalue weighted by atomic mass is 10.1. The molecule has 0 aromatic heterocycles. The van der Waals surface area contributed by atoms with Crippen LogP contribution in [-0.4, -0.2) is 42.9 Å². The van der Waals surface area contributed by atoms with E-state index < -0.39 is 0 Å². The lowest BCUT2D eigenvalue weighted by Crippen LogP contribution is -2.43. The quantitative estimate of drug-likeness (QED) is 0.714. The van der Waals surface area contributed by atoms with Crippen LogP contribution < -0.4 is 11.1 Å². The van der Waals surface area contributed by atoms with Crippen LogP contribution in [-0.2, 0) is 22.4 Å². The molecule has 2 rings (SSSR count). The summed E-state index contributed by atoms with van der Waals surface area (Å²) in [6.45, 7) is 1.24. The molecule has 0 saturated carbocycles. The average molecular weight is 357 g/mol. The molecule has 5 nitrogen and oxygen atoms in total. The number of nitrogens with two attached hydrogens (primary N) is 1. The molecule has 0 bridgehead atoms. The van der Waals surface area contributed by atoms with Crippen molar-refractivity contribution in [2.24, 2.45) is 5.73 Å². The van der Waals surface area contributed by atoms with Gasteiger partial charge in [-0.05, 0) is 29.7 Å². The van der Waals surface area contributed by atoms with Gasteiger partial charge in [0.1, 0.15) is 5.82 Å². The van der Waals surface area contributed by atoms with Crippen LogP contribution in [0.5, 0.6) is 0 Å². The zero-order chi connectivity index (χ0) is 18.8. The molecule has 2 aromatic carbocycles. The van der Waals surface area contributed by atoms with Crippen molar-refractivity contribution in [1.29, 1.82) is 0 Å². The Bertz CT molecular complexity index is 722. The predicted octanol–water partition coefficient (Wildman–Crippen LogP) is 1.51. The Labute approximate surface area is 153 Å². The summed E-state index contributed by atoms with van der Waals surface area (Å²) in [6.07, 6.45) is 0.760. The van der Waals surface area contributed by atoms with Gasteiger partial charge in [-0.1, -0.05) is 42.5 Å². The first-order valence-electron chi connectivity index (χ1n) is 8.61. The number of amides is 2. The number of hydrogen-bond donors (Lipinski definition) is 2. The van der Waals surface area contributed by atoms with Crippen LogP contribution in [0.1, 0.15) is 11.1 Å². The van der Waals surface area contributed by atoms with Crippen molar-refractivity contribution in [2.45, 2.75) is 12.8 Å². The third kappa shape index (κ3) is 6.64. The van der Waals surface area contributed by atoms with Gasteiger partial charge in [-0.2, -0.15) is 0 Å². The highest BCUT2D eigenvalue weighted by molar-refractivity contribution is 5.85. The molecule has 3 N–H and O–H groups in total. The zero-order valence-electron chi connectivity index (χ0n) is 14.7. The van der Waals surface area contributed by atoms with E-state index in [9.17, 15) is 14.0 Å². The van der Waals surface area contributed by atoms with Crippen LogP contribution in [0.15, 0.2) is 54.6 Å². The third-order valence-electron chi connectivity index (χ3n) is 3.96. The first-order chi connectivity index (χ1) is 12.6. The number of nitrogens with zero attached hydrogens (tertiary/aromatic N) is 1. The van der Waals surface area contributed by atoms with Crippen molar-refractivity contribution in [1.82, 2.24) is 10.2 Å². The van der Waals surface area contributed by atoms with E-state index in [2.05, 4.69) is 5.32 Å². The van der Waals surface area contributed by atoms with Crippen molar-refractivity contribution in [3.8, 4) is 0 Å². The molecular weight excluding hydrogens is 333 g/mol. The molecule has 0 unspecified atom stereocenters. The minimum absolute atomic E-state index is 0.0337. The van der Waals surface area contributed by atoms with Gasteiger partial charge in [0.25, 0.3) is 0 Å². The Hall–Kier alpha value is -2.73. The SMILES string of the molecule is NCCN(CCc1ccccc1)C(=O)CNC(=O)Cc1cccc(F)c1. The first kappa shape index (κ1) is 19.6. The topological polar surface area (TPSA) is 75.4 Å². The van der Waals surface area contributed by atoms with E-state index >= 15 is 0 Å². The summed E-state index contributed by atoms with van der Waals surface area (Å²) in [6, 6.07) is 15.7. The van der Waals surface area contributed by atoms with Gasteiger partial charge in [-0.25, -0.2) is 4.39 Å². The second-order valence-electron chi connectivity index (χ2n) is 5.99. The molecule has 0 spiro atoms. The van der Waals surface area contributed by atoms with Gasteiger partial charge >= 0.3 is 0 Å². The molecule has 0 aliphatic rings. The van der Waals surface area contributed by atoms with E-state index in [0.717, 1.165) is 12.0 Å². The smallest absolute Gasteiger partial charge is 0.242 e. The fourth-order valence-corrected chi connectivity index (χ4v) is 2.61. The van der Waals surface area contributed by atoms with Crippen LogP contribution in [0.25, 0.3) is 0 Å². The second-order valence-corrected chi connectivity index (χ2v) is 5.99. The number of rotatable bonds is 9. The highest BCUT2D eigenvalue weighted by Crippen LogP contribution is 2.04. The van der Waals surface area contributed by atoms with E-state index in [-0.39, 0.29) is 30.6 Å². The van der Waals surface area contributed by atoms with Gasteiger partial charge in [0.2, 0.25) is 11.8 Å². The minimum atomic E-state index is -0.388. The molecular formula is C20H24FN3O2. The van der Waals surface area contributed by atoms with E-state index in [4.69, 9.17) is 5.73 Å². The van der Waals surface area contributed by atoms with Crippen molar-refractivity contribution >= 4 is 11.8 Å². The van der Waals surface area contributed by atoms with Crippen LogP contribution in [0, 0.1) is 5.82 Å². The number of benzene rings is 2. The number of halogens is 1. The Kier molecular flexibility index (Phi) is 7.76. The number of carbonyl (C=O) groups excluding carboxylic acids is 2. The molecule has 6 heteroatoms. The van der Waals surface area contributed by atoms with E-state index in [0.29, 0.717) is 25.2 Å². The van der Waals surface area contributed by atoms with E-state index in [1.165, 1.54) is 12.1 Å². The normalized spacial score (nSPS) is 10.4. The molecule has 0 heterocycles. The summed E-state index contributed by atoms with van der Waals surface area (Å²) in [7, 11) is 0. The van der Waals surface area contributed by atoms with Gasteiger partial charge in [-0.15, -0.1) is 0 Å². The van der Waals surface area contributed by atoms with Crippen molar-refractivity contribution in [2.75, 3.05) is 26.2 Å². The minimum Gasteiger partial charge on any atom is -0.347 e. The summed E-state index contributed by atoms with van der Waals surface area (Å²) in [5.41, 5.74) is 7.30. The van der Waals surface area contributed by atoms with Crippen LogP contribution in [0.3, 0.4) is 0 Å². The van der Waals surface area contributed by atoms with Crippen LogP contribution in [0.2, 0.25) is 0 Å². The Balaban J connectivity index is 1.81. The number of nitrogens with one attached hydrogen (secondary N) is 1. The monoisotopic (exact) mass is 357 g/mol. The van der Waals surface area contributed by atoms with Gasteiger partial charge in [0.05, 0.1) is 13.0 Å². The molecule has 2 aromatic rings. The van der Waals surface area contributed by atoms with E-state index in [1.54, 1.807) is 17.0 Å². The second kappa shape index (κ2) is 10.3. The molecule has 0 fully saturated rings. The lowest BCUT2D eigenvalue weighted by Gasteiger charge is -2.22. The number of hydrogen-bond acceptors (Lipinski definition) is 3. The van der Waals surface area contributed by atoms with Gasteiger partial charge in [0.15, 0.2) is 0 Å². The molecule has 0 aliphatic heterocycles. The standard InChI is InChI=1S/C20H24FN3O2/c21-18-8-4-7-17(13-18)14-19(25)23-15-20(26)24(12-10-22)11-9-16-5-2-1-3-6-16/h1-8,13H,9-12,14-15,22H2,(H,23,25). The number of carbonyl (C=O) groups is 2. The van der Waals surface area contributed by atoms with Crippen molar-refractivity contribution in [3.05, 3.63) is 71.5 Å². The largest absolute Gasteiger partial charge is 0.347 e. The fraction of sp³-hybridized carbons (Fsp3) is 0.300. The summed E-state index contributed by atoms with van der Waals surface area (Å²) < 4.78 is 13.1. The summed E-state index contributed by atoms with van der Waals surface area (Å²) in [5.74, 6) is -0.889. The van der Waals surface area contributed by atoms with Crippen molar-refractivity contribution < 1.29 is 14.0 Å². The first-order valence-corrected chi connectivity index (χ1v) is 8.61. The van der Waals surface area contributed by atoms with Crippen LogP contribution >= 0.6 is 0 Å². The molecule has 0 saturated heterocycles. The Morgan fingerprint density at radius 3 is 2.42 bits per heavy atom. The highest BCUT2D eigenvalue weighted by atomic mass is 19.1. The maximum absolute atomic E-state index is 13.1. The summed E-state index contributed by atoms with van der Waals surface area (Å²) in [4.78, 5) is 26.0. The highest BCUT2D eigenvalue weighted by Gasteiger charge is 2.14. The maximum Gasteiger partial charge on any atom is 0.242 e. The van der Waals surface area contributed by atoms with Crippen molar-refractivity contribution in [3.63, 3.8) is 0 Å². The lowest BCUT2D eigenvalue weighted by molar-refractivity contribution is -0.132. The fourth-order valence-electron chi connectivity index (χ4n) is 2.61. The van der Waals surface area contributed by atoms with Crippen LogP contribution in [0.4, 0.5) is 4.39 Å². The molecule has 2 amide bonds. The molecule has 138 valence electrons. The Morgan fingerprint density at radius 1 is 1.00 bits per heavy atom. The maximum atomic E-state index is 13.1. The van der Waals surface area contributed by atoms with Gasteiger partial charge in [0, 0.05) is 19.6 Å².